The fraction of sp³-hybridized carbons (Fsp3) is 0.600. The quantitative estimate of drug-likeness (QED) is 0.433. The third-order valence-corrected chi connectivity index (χ3v) is 9.55. The maximum atomic E-state index is 13.6. The molecule has 0 atom stereocenters. The van der Waals surface area contributed by atoms with Crippen LogP contribution >= 0.6 is 0 Å². The summed E-state index contributed by atoms with van der Waals surface area (Å²) in [5, 5.41) is 4.24. The fourth-order valence-corrected chi connectivity index (χ4v) is 7.74. The maximum Gasteiger partial charge on any atom is 0.416 e. The molecule has 8 nitrogen and oxygen atoms in total. The zero-order valence-electron chi connectivity index (χ0n) is 21.3. The Balaban J connectivity index is 1.30. The van der Waals surface area contributed by atoms with Crippen molar-refractivity contribution in [1.29, 1.82) is 0 Å². The monoisotopic (exact) mass is 594 g/mol. The molecule has 15 heteroatoms. The van der Waals surface area contributed by atoms with Crippen LogP contribution in [-0.4, -0.2) is 52.1 Å². The summed E-state index contributed by atoms with van der Waals surface area (Å²) >= 11 is 0. The van der Waals surface area contributed by atoms with Crippen LogP contribution in [0.15, 0.2) is 29.3 Å². The lowest BCUT2D eigenvalue weighted by Gasteiger charge is -2.44. The Morgan fingerprint density at radius 2 is 1.45 bits per heavy atom. The fourth-order valence-electron chi connectivity index (χ4n) is 5.83. The molecule has 2 aromatic rings. The molecule has 0 unspecified atom stereocenters. The molecule has 0 aliphatic carbocycles. The molecule has 0 radical (unpaired) electrons. The molecule has 2 saturated heterocycles. The van der Waals surface area contributed by atoms with Gasteiger partial charge in [-0.25, -0.2) is 13.2 Å². The van der Waals surface area contributed by atoms with E-state index >= 15 is 0 Å². The number of carbonyl (C=O) groups excluding carboxylic acids is 1. The van der Waals surface area contributed by atoms with Crippen molar-refractivity contribution in [2.24, 2.45) is 0 Å². The van der Waals surface area contributed by atoms with Crippen LogP contribution in [0.5, 0.6) is 0 Å². The normalized spacial score (nSPS) is 22.5. The van der Waals surface area contributed by atoms with Gasteiger partial charge in [0.1, 0.15) is 6.61 Å². The molecule has 0 spiro atoms. The predicted octanol–water partition coefficient (Wildman–Crippen LogP) is 5.56. The first-order valence-electron chi connectivity index (χ1n) is 13.0. The Morgan fingerprint density at radius 3 is 2.00 bits per heavy atom. The van der Waals surface area contributed by atoms with Gasteiger partial charge in [-0.3, -0.25) is 4.68 Å². The van der Waals surface area contributed by atoms with Crippen LogP contribution < -0.4 is 0 Å². The van der Waals surface area contributed by atoms with Crippen LogP contribution in [0.2, 0.25) is 0 Å². The summed E-state index contributed by atoms with van der Waals surface area (Å²) in [4.78, 5) is 14.0. The smallest absolute Gasteiger partial charge is 0.416 e. The summed E-state index contributed by atoms with van der Waals surface area (Å²) in [6.45, 7) is -0.384. The Hall–Kier alpha value is -2.81. The van der Waals surface area contributed by atoms with Crippen molar-refractivity contribution in [2.45, 2.75) is 94.1 Å². The summed E-state index contributed by atoms with van der Waals surface area (Å²) in [5.74, 6) is 0. The molecule has 0 N–H and O–H groups in total. The highest BCUT2D eigenvalue weighted by molar-refractivity contribution is 7.89. The summed E-state index contributed by atoms with van der Waals surface area (Å²) in [5.41, 5.74) is -3.03. The van der Waals surface area contributed by atoms with Gasteiger partial charge in [-0.1, -0.05) is 12.8 Å². The van der Waals surface area contributed by atoms with Gasteiger partial charge in [0.25, 0.3) is 10.0 Å². The maximum absolute atomic E-state index is 13.6. The van der Waals surface area contributed by atoms with Crippen LogP contribution in [0, 0.1) is 0 Å². The summed E-state index contributed by atoms with van der Waals surface area (Å²) in [6, 6.07) is 2.33. The molecule has 220 valence electrons. The first kappa shape index (κ1) is 28.7. The van der Waals surface area contributed by atoms with Crippen molar-refractivity contribution >= 4 is 16.1 Å². The van der Waals surface area contributed by atoms with E-state index in [1.54, 1.807) is 4.31 Å². The lowest BCUT2D eigenvalue weighted by Crippen LogP contribution is -2.52. The third-order valence-electron chi connectivity index (χ3n) is 7.67. The summed E-state index contributed by atoms with van der Waals surface area (Å²) < 4.78 is 114. The largest absolute Gasteiger partial charge is 0.445 e. The number of alkyl halides is 6. The topological polar surface area (TPSA) is 84.7 Å². The van der Waals surface area contributed by atoms with Crippen LogP contribution in [0.1, 0.15) is 67.3 Å². The molecular weight excluding hydrogens is 566 g/mol. The number of benzene rings is 1. The molecule has 1 amide bonds. The lowest BCUT2D eigenvalue weighted by molar-refractivity contribution is -0.143. The number of hydrogen-bond acceptors (Lipinski definition) is 5. The van der Waals surface area contributed by atoms with E-state index in [4.69, 9.17) is 4.74 Å². The van der Waals surface area contributed by atoms with Gasteiger partial charge < -0.3 is 9.64 Å². The highest BCUT2D eigenvalue weighted by atomic mass is 32.2. The number of piperidine rings is 2. The van der Waals surface area contributed by atoms with E-state index in [1.807, 2.05) is 0 Å². The van der Waals surface area contributed by atoms with Crippen molar-refractivity contribution < 1.29 is 44.3 Å². The third kappa shape index (κ3) is 5.80. The zero-order chi connectivity index (χ0) is 28.9. The second-order valence-electron chi connectivity index (χ2n) is 10.4. The molecule has 3 aliphatic heterocycles. The van der Waals surface area contributed by atoms with Gasteiger partial charge in [0.05, 0.1) is 23.4 Å². The number of aryl methyl sites for hydroxylation is 1. The standard InChI is InChI=1S/C25H28F6N4O4S/c26-24(27,28)17-10-16(11-18(12-17)25(29,30)31)15-39-23(36)33-8-3-9-34-21(14-33)13-22(32-34)40(37,38)35-19-4-1-5-20(35)7-2-6-19/h10-13,19-20H,1-9,14-15H2. The molecule has 4 heterocycles. The number of amides is 1. The van der Waals surface area contributed by atoms with Gasteiger partial charge in [-0.15, -0.1) is 0 Å². The molecule has 1 aromatic heterocycles. The Bertz CT molecular complexity index is 1320. The van der Waals surface area contributed by atoms with Gasteiger partial charge in [0.15, 0.2) is 5.03 Å². The van der Waals surface area contributed by atoms with Crippen molar-refractivity contribution in [3.63, 3.8) is 0 Å². The zero-order valence-corrected chi connectivity index (χ0v) is 22.2. The molecular formula is C25H28F6N4O4S. The molecule has 1 aromatic carbocycles. The Labute approximate surface area is 226 Å². The van der Waals surface area contributed by atoms with E-state index < -0.39 is 51.8 Å². The average molecular weight is 595 g/mol. The first-order chi connectivity index (χ1) is 18.7. The molecule has 5 rings (SSSR count). The average Bonchev–Trinajstić information content (AvgIpc) is 3.18. The van der Waals surface area contributed by atoms with Crippen LogP contribution in [-0.2, 0) is 46.8 Å². The van der Waals surface area contributed by atoms with Crippen LogP contribution in [0.3, 0.4) is 0 Å². The SMILES string of the molecule is O=C(OCc1cc(C(F)(F)F)cc(C(F)(F)F)c1)N1CCCn2nc(S(=O)(=O)N3C4CCCC3CCC4)cc2C1. The van der Waals surface area contributed by atoms with Crippen LogP contribution in [0.4, 0.5) is 31.1 Å². The Morgan fingerprint density at radius 1 is 0.875 bits per heavy atom. The number of fused-ring (bicyclic) bond motifs is 3. The number of aromatic nitrogens is 2. The number of ether oxygens (including phenoxy) is 1. The first-order valence-corrected chi connectivity index (χ1v) is 14.5. The van der Waals surface area contributed by atoms with E-state index in [0.717, 1.165) is 38.5 Å². The number of halogens is 6. The van der Waals surface area contributed by atoms with Crippen molar-refractivity contribution in [1.82, 2.24) is 19.0 Å². The molecule has 3 aliphatic rings. The van der Waals surface area contributed by atoms with Crippen molar-refractivity contribution in [3.8, 4) is 0 Å². The number of sulfonamides is 1. The van der Waals surface area contributed by atoms with Crippen molar-refractivity contribution in [3.05, 3.63) is 46.6 Å². The second-order valence-corrected chi connectivity index (χ2v) is 12.2. The minimum absolute atomic E-state index is 0.00395. The molecule has 0 saturated carbocycles. The van der Waals surface area contributed by atoms with Gasteiger partial charge in [0.2, 0.25) is 0 Å². The number of rotatable bonds is 4. The van der Waals surface area contributed by atoms with E-state index in [1.165, 1.54) is 15.6 Å². The highest BCUT2D eigenvalue weighted by Crippen LogP contribution is 2.39. The number of carbonyl (C=O) groups is 1. The number of nitrogens with zero attached hydrogens (tertiary/aromatic N) is 4. The second kappa shape index (κ2) is 10.5. The van der Waals surface area contributed by atoms with E-state index in [-0.39, 0.29) is 36.3 Å². The van der Waals surface area contributed by atoms with E-state index in [2.05, 4.69) is 5.10 Å². The Kier molecular flexibility index (Phi) is 7.57. The van der Waals surface area contributed by atoms with Gasteiger partial charge in [-0.05, 0) is 55.9 Å². The molecule has 2 bridgehead atoms. The summed E-state index contributed by atoms with van der Waals surface area (Å²) in [7, 11) is -3.86. The van der Waals surface area contributed by atoms with E-state index in [9.17, 15) is 39.6 Å². The summed E-state index contributed by atoms with van der Waals surface area (Å²) in [6.07, 6.45) is -5.42. The number of hydrogen-bond donors (Lipinski definition) is 0. The minimum atomic E-state index is -5.02. The molecule has 40 heavy (non-hydrogen) atoms. The minimum Gasteiger partial charge on any atom is -0.445 e. The predicted molar refractivity (Wildman–Crippen MR) is 128 cm³/mol. The lowest BCUT2D eigenvalue weighted by atomic mass is 9.87. The van der Waals surface area contributed by atoms with Gasteiger partial charge in [0, 0.05) is 31.2 Å². The molecule has 2 fully saturated rings. The van der Waals surface area contributed by atoms with Gasteiger partial charge in [-0.2, -0.15) is 35.7 Å². The van der Waals surface area contributed by atoms with E-state index in [0.29, 0.717) is 30.8 Å². The highest BCUT2D eigenvalue weighted by Gasteiger charge is 2.43. The van der Waals surface area contributed by atoms with Crippen molar-refractivity contribution in [2.75, 3.05) is 6.54 Å². The van der Waals surface area contributed by atoms with Crippen LogP contribution in [0.25, 0.3) is 0 Å². The van der Waals surface area contributed by atoms with Gasteiger partial charge >= 0.3 is 18.4 Å².